The molecule has 16 heavy (non-hydrogen) atoms. The molecule has 0 spiro atoms. The van der Waals surface area contributed by atoms with Gasteiger partial charge in [-0.25, -0.2) is 0 Å². The molecule has 1 aliphatic rings. The number of nitrogens with zero attached hydrogens (tertiary/aromatic N) is 1. The Balaban J connectivity index is 2.30. The first kappa shape index (κ1) is 10.8. The molecule has 0 fully saturated rings. The van der Waals surface area contributed by atoms with Gasteiger partial charge in [-0.1, -0.05) is 0 Å². The van der Waals surface area contributed by atoms with E-state index in [1.807, 2.05) is 19.0 Å². The Morgan fingerprint density at radius 2 is 1.88 bits per heavy atom. The van der Waals surface area contributed by atoms with Crippen LogP contribution in [-0.4, -0.2) is 42.1 Å². The fourth-order valence-electron chi connectivity index (χ4n) is 1.80. The molecule has 0 aromatic carbocycles. The Kier molecular flexibility index (Phi) is 2.75. The number of nitrogens with one attached hydrogen (secondary N) is 1. The minimum atomic E-state index is -0.120. The average Bonchev–Trinajstić information content (AvgIpc) is 2.65. The summed E-state index contributed by atoms with van der Waals surface area (Å²) in [5.74, 6) is -0.199. The van der Waals surface area contributed by atoms with Crippen molar-refractivity contribution >= 4 is 11.6 Å². The van der Waals surface area contributed by atoms with Crippen LogP contribution in [0.4, 0.5) is 0 Å². The Morgan fingerprint density at radius 3 is 2.56 bits per heavy atom. The quantitative estimate of drug-likeness (QED) is 0.825. The summed E-state index contributed by atoms with van der Waals surface area (Å²) in [7, 11) is 3.96. The first-order chi connectivity index (χ1) is 7.59. The third-order valence-corrected chi connectivity index (χ3v) is 2.67. The Morgan fingerprint density at radius 1 is 1.19 bits per heavy atom. The lowest BCUT2D eigenvalue weighted by molar-refractivity contribution is 0.0991. The van der Waals surface area contributed by atoms with Crippen molar-refractivity contribution in [1.82, 2.24) is 9.88 Å². The predicted molar refractivity (Wildman–Crippen MR) is 60.9 cm³/mol. The van der Waals surface area contributed by atoms with Crippen molar-refractivity contribution in [3.8, 4) is 0 Å². The molecule has 0 atom stereocenters. The molecule has 84 valence electrons. The van der Waals surface area contributed by atoms with Crippen LogP contribution in [0.25, 0.3) is 0 Å². The normalized spacial score (nSPS) is 14.7. The molecular formula is C12H14N2O2. The van der Waals surface area contributed by atoms with E-state index in [4.69, 9.17) is 0 Å². The summed E-state index contributed by atoms with van der Waals surface area (Å²) >= 11 is 0. The number of likely N-dealkylation sites (N-methyl/N-ethyl adjacent to an activating group) is 1. The fourth-order valence-corrected chi connectivity index (χ4v) is 1.80. The zero-order chi connectivity index (χ0) is 11.7. The summed E-state index contributed by atoms with van der Waals surface area (Å²) in [6, 6.07) is 0. The van der Waals surface area contributed by atoms with Crippen LogP contribution in [0.15, 0.2) is 18.3 Å². The Hall–Kier alpha value is -1.68. The molecule has 1 aromatic heterocycles. The highest BCUT2D eigenvalue weighted by Crippen LogP contribution is 2.20. The number of hydrogen-bond donors (Lipinski definition) is 1. The van der Waals surface area contributed by atoms with E-state index >= 15 is 0 Å². The van der Waals surface area contributed by atoms with Gasteiger partial charge in [0, 0.05) is 12.7 Å². The average molecular weight is 218 g/mol. The maximum Gasteiger partial charge on any atom is 0.202 e. The number of carbonyl (C=O) groups is 2. The van der Waals surface area contributed by atoms with Crippen molar-refractivity contribution in [3.05, 3.63) is 35.2 Å². The van der Waals surface area contributed by atoms with Crippen LogP contribution in [-0.2, 0) is 6.42 Å². The lowest BCUT2D eigenvalue weighted by Crippen LogP contribution is -2.17. The summed E-state index contributed by atoms with van der Waals surface area (Å²) in [6.45, 7) is 0.857. The zero-order valence-electron chi connectivity index (χ0n) is 9.41. The predicted octanol–water partition coefficient (Wildman–Crippen LogP) is 1.05. The van der Waals surface area contributed by atoms with Gasteiger partial charge in [-0.15, -0.1) is 0 Å². The first-order valence-corrected chi connectivity index (χ1v) is 5.21. The molecule has 0 radical (unpaired) electrons. The molecule has 0 saturated heterocycles. The molecule has 1 N–H and O–H groups in total. The van der Waals surface area contributed by atoms with Crippen LogP contribution in [0.5, 0.6) is 0 Å². The summed E-state index contributed by atoms with van der Waals surface area (Å²) in [6.07, 6.45) is 5.19. The van der Waals surface area contributed by atoms with E-state index in [-0.39, 0.29) is 11.6 Å². The highest BCUT2D eigenvalue weighted by Gasteiger charge is 2.23. The van der Waals surface area contributed by atoms with Gasteiger partial charge in [-0.05, 0) is 38.2 Å². The van der Waals surface area contributed by atoms with Crippen molar-refractivity contribution in [2.24, 2.45) is 0 Å². The molecule has 0 saturated carbocycles. The number of aromatic amines is 1. The van der Waals surface area contributed by atoms with E-state index in [1.54, 1.807) is 6.20 Å². The van der Waals surface area contributed by atoms with E-state index in [0.29, 0.717) is 11.3 Å². The molecular weight excluding hydrogens is 204 g/mol. The third kappa shape index (κ3) is 1.84. The number of H-pyrrole nitrogens is 1. The van der Waals surface area contributed by atoms with Gasteiger partial charge in [0.15, 0.2) is 5.78 Å². The largest absolute Gasteiger partial charge is 0.358 e. The summed E-state index contributed by atoms with van der Waals surface area (Å²) < 4.78 is 0. The van der Waals surface area contributed by atoms with Gasteiger partial charge in [0.2, 0.25) is 5.78 Å². The van der Waals surface area contributed by atoms with Crippen LogP contribution >= 0.6 is 0 Å². The molecule has 0 amide bonds. The summed E-state index contributed by atoms with van der Waals surface area (Å²) in [5.41, 5.74) is 1.90. The molecule has 0 unspecified atom stereocenters. The second-order valence-corrected chi connectivity index (χ2v) is 4.18. The molecule has 4 heteroatoms. The second-order valence-electron chi connectivity index (χ2n) is 4.18. The molecule has 0 aliphatic heterocycles. The second kappa shape index (κ2) is 4.06. The topological polar surface area (TPSA) is 53.2 Å². The van der Waals surface area contributed by atoms with E-state index in [0.717, 1.165) is 18.5 Å². The maximum atomic E-state index is 11.7. The number of rotatable bonds is 3. The van der Waals surface area contributed by atoms with E-state index in [2.05, 4.69) is 4.98 Å². The van der Waals surface area contributed by atoms with Crippen LogP contribution < -0.4 is 0 Å². The van der Waals surface area contributed by atoms with Gasteiger partial charge < -0.3 is 9.88 Å². The summed E-state index contributed by atoms with van der Waals surface area (Å²) in [4.78, 5) is 28.1. The Bertz CT molecular complexity index is 469. The van der Waals surface area contributed by atoms with E-state index < -0.39 is 0 Å². The SMILES string of the molecule is CN(C)CCc1c[nH]c2c1C(=O)C=CC2=O. The van der Waals surface area contributed by atoms with E-state index in [9.17, 15) is 9.59 Å². The number of ketones is 2. The smallest absolute Gasteiger partial charge is 0.202 e. The zero-order valence-corrected chi connectivity index (χ0v) is 9.41. The number of fused-ring (bicyclic) bond motifs is 1. The molecule has 0 bridgehead atoms. The fraction of sp³-hybridized carbons (Fsp3) is 0.333. The Labute approximate surface area is 93.9 Å². The van der Waals surface area contributed by atoms with Crippen molar-refractivity contribution in [2.45, 2.75) is 6.42 Å². The van der Waals surface area contributed by atoms with Gasteiger partial charge >= 0.3 is 0 Å². The molecule has 4 nitrogen and oxygen atoms in total. The van der Waals surface area contributed by atoms with Gasteiger partial charge in [-0.2, -0.15) is 0 Å². The molecule has 1 aliphatic carbocycles. The monoisotopic (exact) mass is 218 g/mol. The lowest BCUT2D eigenvalue weighted by Gasteiger charge is -2.10. The van der Waals surface area contributed by atoms with Crippen LogP contribution in [0.3, 0.4) is 0 Å². The highest BCUT2D eigenvalue weighted by molar-refractivity contribution is 6.21. The van der Waals surface area contributed by atoms with Gasteiger partial charge in [0.1, 0.15) is 0 Å². The molecule has 1 aromatic rings. The number of hydrogen-bond acceptors (Lipinski definition) is 3. The number of allylic oxidation sites excluding steroid dienone is 2. The molecule has 1 heterocycles. The van der Waals surface area contributed by atoms with Gasteiger partial charge in [-0.3, -0.25) is 9.59 Å². The van der Waals surface area contributed by atoms with Gasteiger partial charge in [0.25, 0.3) is 0 Å². The van der Waals surface area contributed by atoms with Gasteiger partial charge in [0.05, 0.1) is 11.3 Å². The van der Waals surface area contributed by atoms with Crippen LogP contribution in [0, 0.1) is 0 Å². The van der Waals surface area contributed by atoms with Crippen molar-refractivity contribution in [1.29, 1.82) is 0 Å². The maximum absolute atomic E-state index is 11.7. The van der Waals surface area contributed by atoms with Crippen molar-refractivity contribution in [3.63, 3.8) is 0 Å². The van der Waals surface area contributed by atoms with Crippen LogP contribution in [0.1, 0.15) is 26.4 Å². The van der Waals surface area contributed by atoms with Crippen LogP contribution in [0.2, 0.25) is 0 Å². The first-order valence-electron chi connectivity index (χ1n) is 5.21. The minimum Gasteiger partial charge on any atom is -0.358 e. The number of carbonyl (C=O) groups excluding carboxylic acids is 2. The van der Waals surface area contributed by atoms with E-state index in [1.165, 1.54) is 12.2 Å². The van der Waals surface area contributed by atoms with Crippen molar-refractivity contribution in [2.75, 3.05) is 20.6 Å². The minimum absolute atomic E-state index is 0.0791. The summed E-state index contributed by atoms with van der Waals surface area (Å²) in [5, 5.41) is 0. The lowest BCUT2D eigenvalue weighted by atomic mass is 9.97. The standard InChI is InChI=1S/C12H14N2O2/c1-14(2)6-5-8-7-13-12-10(16)4-3-9(15)11(8)12/h3-4,7,13H,5-6H2,1-2H3. The highest BCUT2D eigenvalue weighted by atomic mass is 16.1. The number of aromatic nitrogens is 1. The molecule has 2 rings (SSSR count). The third-order valence-electron chi connectivity index (χ3n) is 2.67. The van der Waals surface area contributed by atoms with Crippen molar-refractivity contribution < 1.29 is 9.59 Å².